The summed E-state index contributed by atoms with van der Waals surface area (Å²) < 4.78 is 0. The summed E-state index contributed by atoms with van der Waals surface area (Å²) in [6, 6.07) is 7.79. The van der Waals surface area contributed by atoms with Crippen molar-refractivity contribution in [1.82, 2.24) is 15.3 Å². The van der Waals surface area contributed by atoms with Gasteiger partial charge in [0.15, 0.2) is 11.4 Å². The molecule has 2 aromatic rings. The zero-order chi connectivity index (χ0) is 21.0. The normalized spacial score (nSPS) is 14.6. The highest BCUT2D eigenvalue weighted by atomic mass is 35.5. The number of nitrogens with one attached hydrogen (secondary N) is 1. The Kier molecular flexibility index (Phi) is 6.53. The van der Waals surface area contributed by atoms with E-state index in [-0.39, 0.29) is 11.4 Å². The van der Waals surface area contributed by atoms with E-state index in [4.69, 9.17) is 16.7 Å². The number of anilines is 1. The minimum atomic E-state index is -1.17. The van der Waals surface area contributed by atoms with Crippen molar-refractivity contribution < 1.29 is 19.8 Å². The number of benzene rings is 1. The van der Waals surface area contributed by atoms with Crippen molar-refractivity contribution in [2.75, 3.05) is 24.5 Å². The molecule has 0 spiro atoms. The van der Waals surface area contributed by atoms with E-state index in [9.17, 15) is 14.7 Å². The van der Waals surface area contributed by atoms with Crippen LogP contribution in [0.15, 0.2) is 24.3 Å². The third-order valence-corrected chi connectivity index (χ3v) is 5.25. The summed E-state index contributed by atoms with van der Waals surface area (Å²) in [7, 11) is 0. The number of piperidine rings is 1. The molecule has 1 amide bonds. The molecule has 1 aromatic heterocycles. The Hall–Kier alpha value is -2.87. The molecule has 9 heteroatoms. The smallest absolute Gasteiger partial charge is 0.322 e. The number of nitrogens with zero attached hydrogens (tertiary/aromatic N) is 3. The van der Waals surface area contributed by atoms with Crippen molar-refractivity contribution in [3.63, 3.8) is 0 Å². The van der Waals surface area contributed by atoms with Crippen LogP contribution in [0.1, 0.15) is 34.8 Å². The number of carboxylic acid groups (broad SMARTS) is 1. The van der Waals surface area contributed by atoms with E-state index < -0.39 is 18.4 Å². The minimum Gasteiger partial charge on any atom is -0.504 e. The Bertz CT molecular complexity index is 896. The fraction of sp³-hybridized carbons (Fsp3) is 0.400. The number of hydrogen-bond acceptors (Lipinski definition) is 6. The van der Waals surface area contributed by atoms with Crippen molar-refractivity contribution in [2.24, 2.45) is 5.92 Å². The Morgan fingerprint density at radius 1 is 1.21 bits per heavy atom. The fourth-order valence-corrected chi connectivity index (χ4v) is 3.55. The molecule has 0 unspecified atom stereocenters. The monoisotopic (exact) mass is 418 g/mol. The molecule has 3 N–H and O–H groups in total. The number of aryl methyl sites for hydroxylation is 1. The van der Waals surface area contributed by atoms with E-state index >= 15 is 0 Å². The quantitative estimate of drug-likeness (QED) is 0.659. The molecule has 0 atom stereocenters. The molecule has 8 nitrogen and oxygen atoms in total. The van der Waals surface area contributed by atoms with Crippen LogP contribution in [0.2, 0.25) is 5.02 Å². The maximum absolute atomic E-state index is 12.1. The lowest BCUT2D eigenvalue weighted by Gasteiger charge is -2.33. The van der Waals surface area contributed by atoms with Gasteiger partial charge in [-0.15, -0.1) is 0 Å². The minimum absolute atomic E-state index is 0.188. The molecule has 1 aromatic carbocycles. The van der Waals surface area contributed by atoms with Crippen LogP contribution in [0.3, 0.4) is 0 Å². The van der Waals surface area contributed by atoms with Gasteiger partial charge in [-0.1, -0.05) is 11.6 Å². The molecular weight excluding hydrogens is 396 g/mol. The molecule has 154 valence electrons. The lowest BCUT2D eigenvalue weighted by molar-refractivity contribution is -0.135. The van der Waals surface area contributed by atoms with Crippen LogP contribution in [0.25, 0.3) is 0 Å². The van der Waals surface area contributed by atoms with E-state index in [1.807, 2.05) is 24.3 Å². The van der Waals surface area contributed by atoms with E-state index in [0.29, 0.717) is 28.9 Å². The first-order chi connectivity index (χ1) is 13.8. The number of rotatable bonds is 6. The number of aliphatic carboxylic acids is 1. The fourth-order valence-electron chi connectivity index (χ4n) is 3.42. The summed E-state index contributed by atoms with van der Waals surface area (Å²) in [6.07, 6.45) is 2.49. The van der Waals surface area contributed by atoms with Gasteiger partial charge in [-0.25, -0.2) is 9.97 Å². The molecule has 1 aliphatic rings. The lowest BCUT2D eigenvalue weighted by atomic mass is 9.93. The number of hydrogen-bond donors (Lipinski definition) is 3. The zero-order valence-electron chi connectivity index (χ0n) is 16.1. The van der Waals surface area contributed by atoms with Gasteiger partial charge in [-0.05, 0) is 49.9 Å². The van der Waals surface area contributed by atoms with Gasteiger partial charge in [0, 0.05) is 30.2 Å². The number of carbonyl (C=O) groups is 2. The molecule has 1 saturated heterocycles. The Morgan fingerprint density at radius 3 is 2.48 bits per heavy atom. The highest BCUT2D eigenvalue weighted by Crippen LogP contribution is 2.27. The second kappa shape index (κ2) is 9.09. The number of halogens is 1. The van der Waals surface area contributed by atoms with E-state index in [0.717, 1.165) is 31.6 Å². The van der Waals surface area contributed by atoms with E-state index in [2.05, 4.69) is 20.2 Å². The molecule has 1 aliphatic heterocycles. The maximum Gasteiger partial charge on any atom is 0.322 e. The van der Waals surface area contributed by atoms with Crippen molar-refractivity contribution in [3.05, 3.63) is 46.5 Å². The molecule has 0 radical (unpaired) electrons. The average Bonchev–Trinajstić information content (AvgIpc) is 2.70. The summed E-state index contributed by atoms with van der Waals surface area (Å²) in [5.41, 5.74) is 1.25. The summed E-state index contributed by atoms with van der Waals surface area (Å²) >= 11 is 5.95. The standard InChI is InChI=1S/C20H23ClN4O4/c1-12-19(28)18(20(29)22-11-17(26)27)24-16(23-12)10-13-6-8-25(9-7-13)15-4-2-14(21)3-5-15/h2-5,13,28H,6-11H2,1H3,(H,22,29)(H,26,27). The Morgan fingerprint density at radius 2 is 1.86 bits per heavy atom. The Balaban J connectivity index is 1.64. The molecule has 3 rings (SSSR count). The highest BCUT2D eigenvalue weighted by molar-refractivity contribution is 6.30. The average molecular weight is 419 g/mol. The van der Waals surface area contributed by atoms with Gasteiger partial charge in [0.05, 0.1) is 5.69 Å². The summed E-state index contributed by atoms with van der Waals surface area (Å²) in [5, 5.41) is 21.7. The predicted molar refractivity (Wildman–Crippen MR) is 108 cm³/mol. The molecule has 0 bridgehead atoms. The summed E-state index contributed by atoms with van der Waals surface area (Å²) in [5.74, 6) is -1.39. The maximum atomic E-state index is 12.1. The first-order valence-electron chi connectivity index (χ1n) is 9.40. The zero-order valence-corrected chi connectivity index (χ0v) is 16.8. The molecular formula is C20H23ClN4O4. The lowest BCUT2D eigenvalue weighted by Crippen LogP contribution is -2.34. The van der Waals surface area contributed by atoms with Crippen LogP contribution < -0.4 is 10.2 Å². The highest BCUT2D eigenvalue weighted by Gasteiger charge is 2.23. The molecule has 0 saturated carbocycles. The summed E-state index contributed by atoms with van der Waals surface area (Å²) in [4.78, 5) is 33.6. The number of carbonyl (C=O) groups excluding carboxylic acids is 1. The van der Waals surface area contributed by atoms with Gasteiger partial charge in [0.25, 0.3) is 5.91 Å². The van der Waals surface area contributed by atoms with Crippen LogP contribution in [0.4, 0.5) is 5.69 Å². The van der Waals surface area contributed by atoms with E-state index in [1.165, 1.54) is 0 Å². The predicted octanol–water partition coefficient (Wildman–Crippen LogP) is 2.42. The second-order valence-corrected chi connectivity index (χ2v) is 7.55. The van der Waals surface area contributed by atoms with Gasteiger partial charge in [0.1, 0.15) is 12.4 Å². The number of aromatic nitrogens is 2. The van der Waals surface area contributed by atoms with Crippen LogP contribution >= 0.6 is 11.6 Å². The topological polar surface area (TPSA) is 116 Å². The van der Waals surface area contributed by atoms with Crippen LogP contribution in [-0.2, 0) is 11.2 Å². The number of aromatic hydroxyl groups is 1. The van der Waals surface area contributed by atoms with Crippen LogP contribution in [0, 0.1) is 12.8 Å². The first-order valence-corrected chi connectivity index (χ1v) is 9.78. The van der Waals surface area contributed by atoms with Crippen LogP contribution in [0.5, 0.6) is 5.75 Å². The number of amides is 1. The van der Waals surface area contributed by atoms with Gasteiger partial charge in [0.2, 0.25) is 0 Å². The largest absolute Gasteiger partial charge is 0.504 e. The van der Waals surface area contributed by atoms with Crippen molar-refractivity contribution in [3.8, 4) is 5.75 Å². The van der Waals surface area contributed by atoms with Gasteiger partial charge in [-0.2, -0.15) is 0 Å². The van der Waals surface area contributed by atoms with Gasteiger partial charge < -0.3 is 20.4 Å². The van der Waals surface area contributed by atoms with Gasteiger partial charge >= 0.3 is 5.97 Å². The molecule has 0 aliphatic carbocycles. The van der Waals surface area contributed by atoms with Crippen molar-refractivity contribution in [1.29, 1.82) is 0 Å². The van der Waals surface area contributed by atoms with Gasteiger partial charge in [-0.3, -0.25) is 9.59 Å². The first kappa shape index (κ1) is 20.9. The molecule has 29 heavy (non-hydrogen) atoms. The molecule has 2 heterocycles. The third kappa shape index (κ3) is 5.35. The molecule has 1 fully saturated rings. The Labute approximate surface area is 173 Å². The summed E-state index contributed by atoms with van der Waals surface area (Å²) in [6.45, 7) is 2.85. The van der Waals surface area contributed by atoms with Crippen LogP contribution in [-0.4, -0.2) is 51.7 Å². The van der Waals surface area contributed by atoms with E-state index in [1.54, 1.807) is 6.92 Å². The second-order valence-electron chi connectivity index (χ2n) is 7.11. The SMILES string of the molecule is Cc1nc(CC2CCN(c3ccc(Cl)cc3)CC2)nc(C(=O)NCC(=O)O)c1O. The van der Waals surface area contributed by atoms with Crippen molar-refractivity contribution in [2.45, 2.75) is 26.2 Å². The third-order valence-electron chi connectivity index (χ3n) is 5.00. The number of carboxylic acids is 1. The van der Waals surface area contributed by atoms with Crippen molar-refractivity contribution >= 4 is 29.2 Å².